The summed E-state index contributed by atoms with van der Waals surface area (Å²) in [5, 5.41) is 0. The molecular weight excluding hydrogens is 531 g/mol. The van der Waals surface area contributed by atoms with Gasteiger partial charge in [0, 0.05) is 19.6 Å². The van der Waals surface area contributed by atoms with Crippen LogP contribution in [0, 0.1) is 12.3 Å². The van der Waals surface area contributed by atoms with Crippen molar-refractivity contribution in [3.8, 4) is 12.3 Å². The maximum Gasteiger partial charge on any atom is 0.353 e. The Balaban J connectivity index is 0.00000800. The quantitative estimate of drug-likeness (QED) is 0.0730. The summed E-state index contributed by atoms with van der Waals surface area (Å²) in [6, 6.07) is 0. The molecule has 0 saturated heterocycles. The Morgan fingerprint density at radius 2 is 1.55 bits per heavy atom. The first-order valence-electron chi connectivity index (χ1n) is 14.4. The Bertz CT molecular complexity index is 1010. The number of imidazole rings is 1. The van der Waals surface area contributed by atoms with Crippen molar-refractivity contribution in [2.45, 2.75) is 109 Å². The zero-order valence-electron chi connectivity index (χ0n) is 24.3. The van der Waals surface area contributed by atoms with Gasteiger partial charge in [-0.25, -0.2) is 15.0 Å². The molecule has 2 aromatic rings. The fraction of sp³-hybridized carbons (Fsp3) is 0.750. The number of hydrogen-bond donors (Lipinski definition) is 3. The highest BCUT2D eigenvalue weighted by Gasteiger charge is 2.21. The van der Waals surface area contributed by atoms with E-state index in [1.54, 1.807) is 17.8 Å². The number of fused-ring (bicyclic) bond motifs is 1. The fourth-order valence-corrected chi connectivity index (χ4v) is 5.22. The van der Waals surface area contributed by atoms with Crippen LogP contribution >= 0.6 is 7.60 Å². The number of terminal acetylenes is 1. The SMILES string of the molecule is C#CCCCCCCCCCCCCCCOCCCOP(=O)(O)CO[C@H](C)Cn1cnc2c(N)ncnc21.N. The van der Waals surface area contributed by atoms with Crippen LogP contribution in [0.4, 0.5) is 5.82 Å². The van der Waals surface area contributed by atoms with E-state index in [0.717, 1.165) is 19.4 Å². The summed E-state index contributed by atoms with van der Waals surface area (Å²) >= 11 is 0. The lowest BCUT2D eigenvalue weighted by atomic mass is 10.0. The average Bonchev–Trinajstić information content (AvgIpc) is 3.32. The van der Waals surface area contributed by atoms with Crippen molar-refractivity contribution in [2.24, 2.45) is 0 Å². The van der Waals surface area contributed by atoms with Gasteiger partial charge in [-0.05, 0) is 26.2 Å². The molecule has 0 aromatic carbocycles. The highest BCUT2D eigenvalue weighted by atomic mass is 31.2. The van der Waals surface area contributed by atoms with Gasteiger partial charge in [0.2, 0.25) is 0 Å². The topological polar surface area (TPSA) is 170 Å². The van der Waals surface area contributed by atoms with Crippen molar-refractivity contribution in [1.29, 1.82) is 0 Å². The number of aromatic nitrogens is 4. The van der Waals surface area contributed by atoms with Gasteiger partial charge in [0.25, 0.3) is 0 Å². The molecule has 0 fully saturated rings. The van der Waals surface area contributed by atoms with E-state index in [4.69, 9.17) is 26.2 Å². The van der Waals surface area contributed by atoms with Crippen LogP contribution in [-0.4, -0.2) is 56.7 Å². The minimum absolute atomic E-state index is 0. The number of rotatable bonds is 24. The molecule has 2 heterocycles. The molecule has 1 unspecified atom stereocenters. The maximum atomic E-state index is 12.3. The predicted molar refractivity (Wildman–Crippen MR) is 160 cm³/mol. The molecule has 0 saturated carbocycles. The van der Waals surface area contributed by atoms with Crippen LogP contribution in [0.1, 0.15) is 96.8 Å². The third-order valence-corrected chi connectivity index (χ3v) is 7.55. The molecule has 2 atom stereocenters. The van der Waals surface area contributed by atoms with Crippen molar-refractivity contribution >= 4 is 24.6 Å². The van der Waals surface area contributed by atoms with E-state index < -0.39 is 7.60 Å². The molecule has 0 bridgehead atoms. The molecule has 2 rings (SSSR count). The summed E-state index contributed by atoms with van der Waals surface area (Å²) in [4.78, 5) is 22.4. The van der Waals surface area contributed by atoms with E-state index in [2.05, 4.69) is 20.9 Å². The lowest BCUT2D eigenvalue weighted by Crippen LogP contribution is -2.17. The predicted octanol–water partition coefficient (Wildman–Crippen LogP) is 6.25. The maximum absolute atomic E-state index is 12.3. The number of ether oxygens (including phenoxy) is 2. The van der Waals surface area contributed by atoms with Crippen molar-refractivity contribution in [3.63, 3.8) is 0 Å². The molecule has 0 amide bonds. The van der Waals surface area contributed by atoms with E-state index in [0.29, 0.717) is 36.6 Å². The van der Waals surface area contributed by atoms with Gasteiger partial charge in [0.15, 0.2) is 11.5 Å². The summed E-state index contributed by atoms with van der Waals surface area (Å²) in [7, 11) is -3.84. The molecule has 12 heteroatoms. The second kappa shape index (κ2) is 21.7. The lowest BCUT2D eigenvalue weighted by molar-refractivity contribution is 0.0688. The number of anilines is 1. The Morgan fingerprint density at radius 1 is 0.950 bits per heavy atom. The van der Waals surface area contributed by atoms with Crippen molar-refractivity contribution in [2.75, 3.05) is 31.9 Å². The molecule has 40 heavy (non-hydrogen) atoms. The first-order valence-corrected chi connectivity index (χ1v) is 16.2. The van der Waals surface area contributed by atoms with Crippen LogP contribution in [0.3, 0.4) is 0 Å². The van der Waals surface area contributed by atoms with Crippen molar-refractivity contribution in [3.05, 3.63) is 12.7 Å². The number of nitrogen functional groups attached to an aromatic ring is 1. The zero-order chi connectivity index (χ0) is 28.2. The number of nitrogens with zero attached hydrogens (tertiary/aromatic N) is 4. The molecule has 2 aromatic heterocycles. The van der Waals surface area contributed by atoms with Gasteiger partial charge in [0.05, 0.1) is 25.6 Å². The Labute approximate surface area is 240 Å². The minimum atomic E-state index is -3.84. The molecule has 0 aliphatic rings. The van der Waals surface area contributed by atoms with E-state index in [-0.39, 0.29) is 25.2 Å². The summed E-state index contributed by atoms with van der Waals surface area (Å²) in [6.45, 7) is 3.58. The minimum Gasteiger partial charge on any atom is -0.382 e. The molecule has 0 radical (unpaired) electrons. The van der Waals surface area contributed by atoms with Gasteiger partial charge < -0.3 is 35.3 Å². The van der Waals surface area contributed by atoms with E-state index in [1.807, 2.05) is 0 Å². The highest BCUT2D eigenvalue weighted by Crippen LogP contribution is 2.42. The van der Waals surface area contributed by atoms with Gasteiger partial charge in [-0.3, -0.25) is 4.57 Å². The third kappa shape index (κ3) is 15.7. The first-order chi connectivity index (χ1) is 18.9. The van der Waals surface area contributed by atoms with Crippen LogP contribution in [0.25, 0.3) is 11.2 Å². The van der Waals surface area contributed by atoms with Gasteiger partial charge in [-0.1, -0.05) is 64.2 Å². The van der Waals surface area contributed by atoms with E-state index in [9.17, 15) is 9.46 Å². The monoisotopic (exact) mass is 582 g/mol. The molecule has 228 valence electrons. The van der Waals surface area contributed by atoms with E-state index in [1.165, 1.54) is 77.0 Å². The van der Waals surface area contributed by atoms with Crippen molar-refractivity contribution < 1.29 is 23.5 Å². The van der Waals surface area contributed by atoms with Crippen LogP contribution in [0.5, 0.6) is 0 Å². The van der Waals surface area contributed by atoms with Crippen LogP contribution in [0.15, 0.2) is 12.7 Å². The molecule has 11 nitrogen and oxygen atoms in total. The zero-order valence-corrected chi connectivity index (χ0v) is 25.2. The van der Waals surface area contributed by atoms with Gasteiger partial charge in [-0.2, -0.15) is 0 Å². The van der Waals surface area contributed by atoms with Gasteiger partial charge >= 0.3 is 7.60 Å². The molecule has 6 N–H and O–H groups in total. The standard InChI is InChI=1S/C28H48N5O5P.H3N/c1-3-4-5-6-7-8-9-10-11-12-13-14-15-16-18-36-19-17-20-38-39(34,35)24-37-25(2)21-33-23-32-26-27(29)30-22-31-28(26)33;/h1,22-23,25H,4-21,24H2,2H3,(H,34,35)(H2,29,30,31);1H3/t25-;/m1./s1. The number of hydrogen-bond acceptors (Lipinski definition) is 9. The average molecular weight is 583 g/mol. The van der Waals surface area contributed by atoms with E-state index >= 15 is 0 Å². The Hall–Kier alpha value is -2.06. The first kappa shape index (κ1) is 36.0. The molecule has 0 aliphatic heterocycles. The number of unbranched alkanes of at least 4 members (excludes halogenated alkanes) is 12. The van der Waals surface area contributed by atoms with Crippen LogP contribution in [0.2, 0.25) is 0 Å². The third-order valence-electron chi connectivity index (χ3n) is 6.49. The molecule has 0 aliphatic carbocycles. The molecule has 0 spiro atoms. The molecular formula is C28H51N6O5P. The van der Waals surface area contributed by atoms with Gasteiger partial charge in [0.1, 0.15) is 18.2 Å². The number of nitrogens with two attached hydrogens (primary N) is 1. The Kier molecular flexibility index (Phi) is 19.5. The summed E-state index contributed by atoms with van der Waals surface area (Å²) < 4.78 is 30.4. The summed E-state index contributed by atoms with van der Waals surface area (Å²) in [5.41, 5.74) is 6.91. The Morgan fingerprint density at radius 3 is 2.20 bits per heavy atom. The largest absolute Gasteiger partial charge is 0.382 e. The normalized spacial score (nSPS) is 13.5. The smallest absolute Gasteiger partial charge is 0.353 e. The second-order valence-corrected chi connectivity index (χ2v) is 11.9. The fourth-order valence-electron chi connectivity index (χ4n) is 4.29. The van der Waals surface area contributed by atoms with Crippen LogP contribution < -0.4 is 11.9 Å². The lowest BCUT2D eigenvalue weighted by Gasteiger charge is -2.17. The van der Waals surface area contributed by atoms with Crippen molar-refractivity contribution in [1.82, 2.24) is 25.7 Å². The highest BCUT2D eigenvalue weighted by molar-refractivity contribution is 7.52. The summed E-state index contributed by atoms with van der Waals surface area (Å²) in [6.07, 6.45) is 24.2. The summed E-state index contributed by atoms with van der Waals surface area (Å²) in [5.74, 6) is 3.01. The second-order valence-electron chi connectivity index (χ2n) is 10.1. The van der Waals surface area contributed by atoms with Gasteiger partial charge in [-0.15, -0.1) is 12.3 Å². The van der Waals surface area contributed by atoms with Crippen LogP contribution in [-0.2, 0) is 25.1 Å².